The van der Waals surface area contributed by atoms with E-state index in [0.29, 0.717) is 12.2 Å². The Balaban J connectivity index is 2.20. The molecule has 2 aliphatic rings. The second-order valence-electron chi connectivity index (χ2n) is 4.14. The zero-order valence-corrected chi connectivity index (χ0v) is 10.4. The summed E-state index contributed by atoms with van der Waals surface area (Å²) in [6.07, 6.45) is 1.38. The first-order valence-electron chi connectivity index (χ1n) is 5.65. The molecule has 6 heteroatoms. The second-order valence-corrected chi connectivity index (χ2v) is 5.33. The first kappa shape index (κ1) is 12.4. The fourth-order valence-corrected chi connectivity index (χ4v) is 3.45. The highest BCUT2D eigenvalue weighted by molar-refractivity contribution is 8.03. The predicted octanol–water partition coefficient (Wildman–Crippen LogP) is 0.649. The van der Waals surface area contributed by atoms with Gasteiger partial charge in [0.15, 0.2) is 0 Å². The van der Waals surface area contributed by atoms with Crippen molar-refractivity contribution in [3.63, 3.8) is 0 Å². The van der Waals surface area contributed by atoms with E-state index in [1.165, 1.54) is 16.7 Å². The van der Waals surface area contributed by atoms with Gasteiger partial charge in [-0.15, -0.1) is 11.8 Å². The third-order valence-electron chi connectivity index (χ3n) is 3.26. The molecule has 2 atom stereocenters. The van der Waals surface area contributed by atoms with Gasteiger partial charge in [-0.05, 0) is 6.42 Å². The number of rotatable bonds is 5. The van der Waals surface area contributed by atoms with Crippen molar-refractivity contribution < 1.29 is 19.8 Å². The van der Waals surface area contributed by atoms with Gasteiger partial charge in [0.25, 0.3) is 0 Å². The maximum absolute atomic E-state index is 11.8. The van der Waals surface area contributed by atoms with E-state index in [1.54, 1.807) is 0 Å². The summed E-state index contributed by atoms with van der Waals surface area (Å²) in [5.74, 6) is -0.681. The molecule has 1 fully saturated rings. The molecule has 0 radical (unpaired) electrons. The third kappa shape index (κ3) is 1.85. The van der Waals surface area contributed by atoms with E-state index < -0.39 is 5.97 Å². The van der Waals surface area contributed by atoms with Crippen LogP contribution < -0.4 is 0 Å². The largest absolute Gasteiger partial charge is 0.477 e. The maximum Gasteiger partial charge on any atom is 0.353 e. The molecule has 0 aromatic carbocycles. The van der Waals surface area contributed by atoms with Gasteiger partial charge in [-0.1, -0.05) is 6.92 Å². The van der Waals surface area contributed by atoms with Crippen LogP contribution in [0.15, 0.2) is 10.6 Å². The molecule has 17 heavy (non-hydrogen) atoms. The van der Waals surface area contributed by atoms with Crippen molar-refractivity contribution in [2.75, 3.05) is 12.4 Å². The Labute approximate surface area is 103 Å². The number of amides is 1. The van der Waals surface area contributed by atoms with E-state index in [4.69, 9.17) is 10.2 Å². The highest BCUT2D eigenvalue weighted by Gasteiger charge is 2.54. The van der Waals surface area contributed by atoms with Gasteiger partial charge in [-0.2, -0.15) is 0 Å². The molecule has 2 aliphatic heterocycles. The SMILES string of the molecule is CCC1C(=O)N2C(C(=O)O)=C(SCCO)CC12. The van der Waals surface area contributed by atoms with Crippen LogP contribution in [0.1, 0.15) is 19.8 Å². The Hall–Kier alpha value is -1.01. The molecule has 2 N–H and O–H groups in total. The van der Waals surface area contributed by atoms with Crippen molar-refractivity contribution in [1.29, 1.82) is 0 Å². The number of hydrogen-bond acceptors (Lipinski definition) is 4. The van der Waals surface area contributed by atoms with Crippen LogP contribution in [0.2, 0.25) is 0 Å². The molecule has 0 spiro atoms. The minimum Gasteiger partial charge on any atom is -0.477 e. The smallest absolute Gasteiger partial charge is 0.353 e. The number of aliphatic hydroxyl groups is 1. The quantitative estimate of drug-likeness (QED) is 0.707. The third-order valence-corrected chi connectivity index (χ3v) is 4.36. The minimum atomic E-state index is -1.05. The van der Waals surface area contributed by atoms with Gasteiger partial charge in [0.05, 0.1) is 18.6 Å². The molecule has 1 saturated heterocycles. The summed E-state index contributed by atoms with van der Waals surface area (Å²) in [5, 5.41) is 17.9. The van der Waals surface area contributed by atoms with Gasteiger partial charge >= 0.3 is 5.97 Å². The number of aliphatic hydroxyl groups excluding tert-OH is 1. The Morgan fingerprint density at radius 2 is 2.29 bits per heavy atom. The number of carboxylic acid groups (broad SMARTS) is 1. The second kappa shape index (κ2) is 4.70. The van der Waals surface area contributed by atoms with E-state index in [0.717, 1.165) is 11.3 Å². The summed E-state index contributed by atoms with van der Waals surface area (Å²) in [4.78, 5) is 25.1. The highest BCUT2D eigenvalue weighted by Crippen LogP contribution is 2.46. The van der Waals surface area contributed by atoms with Gasteiger partial charge in [-0.25, -0.2) is 4.79 Å². The van der Waals surface area contributed by atoms with E-state index in [9.17, 15) is 9.59 Å². The van der Waals surface area contributed by atoms with Gasteiger partial charge in [0, 0.05) is 17.1 Å². The zero-order valence-electron chi connectivity index (χ0n) is 9.55. The van der Waals surface area contributed by atoms with Crippen LogP contribution in [-0.2, 0) is 9.59 Å². The van der Waals surface area contributed by atoms with Gasteiger partial charge in [0.1, 0.15) is 5.70 Å². The molecular formula is C11H15NO4S. The van der Waals surface area contributed by atoms with Crippen molar-refractivity contribution in [3.05, 3.63) is 10.6 Å². The number of β-lactam (4-membered cyclic amide) rings is 1. The van der Waals surface area contributed by atoms with Crippen molar-refractivity contribution in [1.82, 2.24) is 4.90 Å². The normalized spacial score (nSPS) is 27.2. The molecule has 2 heterocycles. The summed E-state index contributed by atoms with van der Waals surface area (Å²) in [6.45, 7) is 1.95. The molecule has 0 aromatic heterocycles. The molecule has 2 unspecified atom stereocenters. The molecule has 5 nitrogen and oxygen atoms in total. The van der Waals surface area contributed by atoms with E-state index >= 15 is 0 Å². The summed E-state index contributed by atoms with van der Waals surface area (Å²) >= 11 is 1.34. The maximum atomic E-state index is 11.8. The molecule has 1 amide bonds. The molecule has 0 bridgehead atoms. The lowest BCUT2D eigenvalue weighted by Crippen LogP contribution is -2.58. The van der Waals surface area contributed by atoms with Crippen LogP contribution in [0.4, 0.5) is 0 Å². The van der Waals surface area contributed by atoms with Crippen molar-refractivity contribution in [2.45, 2.75) is 25.8 Å². The number of carbonyl (C=O) groups excluding carboxylic acids is 1. The van der Waals surface area contributed by atoms with Crippen LogP contribution >= 0.6 is 11.8 Å². The first-order chi connectivity index (χ1) is 8.11. The lowest BCUT2D eigenvalue weighted by atomic mass is 9.85. The number of thioether (sulfide) groups is 1. The summed E-state index contributed by atoms with van der Waals surface area (Å²) < 4.78 is 0. The fraction of sp³-hybridized carbons (Fsp3) is 0.636. The number of fused-ring (bicyclic) bond motifs is 1. The van der Waals surface area contributed by atoms with Crippen LogP contribution in [0.25, 0.3) is 0 Å². The van der Waals surface area contributed by atoms with Crippen LogP contribution in [0, 0.1) is 5.92 Å². The monoisotopic (exact) mass is 257 g/mol. The molecule has 2 rings (SSSR count). The van der Waals surface area contributed by atoms with Crippen molar-refractivity contribution >= 4 is 23.6 Å². The number of aliphatic carboxylic acids is 1. The first-order valence-corrected chi connectivity index (χ1v) is 6.63. The van der Waals surface area contributed by atoms with Crippen molar-refractivity contribution in [3.8, 4) is 0 Å². The molecule has 94 valence electrons. The summed E-state index contributed by atoms with van der Waals surface area (Å²) in [5.41, 5.74) is 0.128. The average Bonchev–Trinajstić information content (AvgIpc) is 2.62. The standard InChI is InChI=1S/C11H15NO4S/c1-2-6-7-5-8(17-4-3-13)9(11(15)16)12(7)10(6)14/h6-7,13H,2-5H2,1H3,(H,15,16). The van der Waals surface area contributed by atoms with E-state index in [-0.39, 0.29) is 30.2 Å². The summed E-state index contributed by atoms with van der Waals surface area (Å²) in [7, 11) is 0. The predicted molar refractivity (Wildman–Crippen MR) is 63.2 cm³/mol. The molecule has 0 saturated carbocycles. The van der Waals surface area contributed by atoms with Crippen LogP contribution in [0.3, 0.4) is 0 Å². The van der Waals surface area contributed by atoms with Gasteiger partial charge in [0.2, 0.25) is 5.91 Å². The number of hydrogen-bond donors (Lipinski definition) is 2. The average molecular weight is 257 g/mol. The Morgan fingerprint density at radius 3 is 2.82 bits per heavy atom. The number of carboxylic acids is 1. The molecular weight excluding hydrogens is 242 g/mol. The minimum absolute atomic E-state index is 0.0108. The summed E-state index contributed by atoms with van der Waals surface area (Å²) in [6, 6.07) is 0.0276. The van der Waals surface area contributed by atoms with Gasteiger partial charge < -0.3 is 15.1 Å². The fourth-order valence-electron chi connectivity index (χ4n) is 2.50. The Bertz CT molecular complexity index is 393. The van der Waals surface area contributed by atoms with Crippen molar-refractivity contribution in [2.24, 2.45) is 5.92 Å². The lowest BCUT2D eigenvalue weighted by molar-refractivity contribution is -0.155. The topological polar surface area (TPSA) is 77.8 Å². The number of nitrogens with zero attached hydrogens (tertiary/aromatic N) is 1. The van der Waals surface area contributed by atoms with E-state index in [2.05, 4.69) is 0 Å². The highest BCUT2D eigenvalue weighted by atomic mass is 32.2. The molecule has 0 aromatic rings. The number of carbonyl (C=O) groups is 2. The van der Waals surface area contributed by atoms with Crippen LogP contribution in [0.5, 0.6) is 0 Å². The Morgan fingerprint density at radius 1 is 1.59 bits per heavy atom. The Kier molecular flexibility index (Phi) is 3.44. The van der Waals surface area contributed by atoms with Gasteiger partial charge in [-0.3, -0.25) is 4.79 Å². The van der Waals surface area contributed by atoms with Crippen LogP contribution in [-0.4, -0.2) is 45.4 Å². The lowest BCUT2D eigenvalue weighted by Gasteiger charge is -2.42. The molecule has 0 aliphatic carbocycles. The van der Waals surface area contributed by atoms with E-state index in [1.807, 2.05) is 6.92 Å². The zero-order chi connectivity index (χ0) is 12.6.